The van der Waals surface area contributed by atoms with Gasteiger partial charge >= 0.3 is 5.97 Å². The summed E-state index contributed by atoms with van der Waals surface area (Å²) in [5.74, 6) is -0.968. The number of carboxylic acids is 1. The first-order chi connectivity index (χ1) is 8.11. The second-order valence-corrected chi connectivity index (χ2v) is 4.20. The highest BCUT2D eigenvalue weighted by Gasteiger charge is 2.14. The number of aromatic amines is 1. The van der Waals surface area contributed by atoms with Crippen LogP contribution < -0.4 is 5.73 Å². The minimum atomic E-state index is -0.968. The van der Waals surface area contributed by atoms with Gasteiger partial charge in [0.25, 0.3) is 0 Å². The fourth-order valence-corrected chi connectivity index (χ4v) is 1.95. The molecular weight excluding hydrogens is 216 g/mol. The summed E-state index contributed by atoms with van der Waals surface area (Å²) in [7, 11) is 0. The summed E-state index contributed by atoms with van der Waals surface area (Å²) >= 11 is 0. The first kappa shape index (κ1) is 11.7. The van der Waals surface area contributed by atoms with E-state index in [1.54, 1.807) is 0 Å². The van der Waals surface area contributed by atoms with Crippen molar-refractivity contribution in [2.75, 3.05) is 0 Å². The Balaban J connectivity index is 2.33. The summed E-state index contributed by atoms with van der Waals surface area (Å²) in [6.45, 7) is 2.10. The monoisotopic (exact) mass is 232 g/mol. The molecule has 90 valence electrons. The minimum Gasteiger partial charge on any atom is -0.480 e. The Morgan fingerprint density at radius 3 is 2.94 bits per heavy atom. The molecular formula is C13H16N2O2. The predicted octanol–water partition coefficient (Wildman–Crippen LogP) is 1.68. The first-order valence-electron chi connectivity index (χ1n) is 5.69. The Morgan fingerprint density at radius 2 is 2.29 bits per heavy atom. The Labute approximate surface area is 99.4 Å². The van der Waals surface area contributed by atoms with Gasteiger partial charge in [-0.15, -0.1) is 0 Å². The zero-order valence-electron chi connectivity index (χ0n) is 9.73. The number of carbonyl (C=O) groups is 1. The van der Waals surface area contributed by atoms with Crippen LogP contribution in [0.5, 0.6) is 0 Å². The lowest BCUT2D eigenvalue weighted by Crippen LogP contribution is -2.32. The number of rotatable bonds is 4. The lowest BCUT2D eigenvalue weighted by molar-refractivity contribution is -0.138. The third kappa shape index (κ3) is 2.31. The van der Waals surface area contributed by atoms with Crippen LogP contribution in [0.1, 0.15) is 18.1 Å². The van der Waals surface area contributed by atoms with E-state index in [1.165, 1.54) is 5.56 Å². The van der Waals surface area contributed by atoms with Gasteiger partial charge in [0.2, 0.25) is 0 Å². The maximum Gasteiger partial charge on any atom is 0.320 e. The second-order valence-electron chi connectivity index (χ2n) is 4.20. The molecule has 0 spiro atoms. The fraction of sp³-hybridized carbons (Fsp3) is 0.308. The van der Waals surface area contributed by atoms with Crippen molar-refractivity contribution < 1.29 is 9.90 Å². The van der Waals surface area contributed by atoms with Crippen molar-refractivity contribution in [3.63, 3.8) is 0 Å². The number of aryl methyl sites for hydroxylation is 1. The van der Waals surface area contributed by atoms with E-state index in [1.807, 2.05) is 12.3 Å². The van der Waals surface area contributed by atoms with Crippen molar-refractivity contribution in [1.82, 2.24) is 4.98 Å². The summed E-state index contributed by atoms with van der Waals surface area (Å²) in [6.07, 6.45) is 3.17. The lowest BCUT2D eigenvalue weighted by atomic mass is 10.0. The maximum absolute atomic E-state index is 10.7. The van der Waals surface area contributed by atoms with E-state index >= 15 is 0 Å². The average Bonchev–Trinajstić information content (AvgIpc) is 2.71. The van der Waals surface area contributed by atoms with Crippen LogP contribution in [0.2, 0.25) is 0 Å². The SMILES string of the molecule is CCc1ccc2c(C[C@H](N)C(=O)O)c[nH]c2c1. The van der Waals surface area contributed by atoms with Crippen molar-refractivity contribution in [2.24, 2.45) is 5.73 Å². The van der Waals surface area contributed by atoms with Crippen molar-refractivity contribution in [3.8, 4) is 0 Å². The standard InChI is InChI=1S/C13H16N2O2/c1-2-8-3-4-10-9(6-11(14)13(16)17)7-15-12(10)5-8/h3-5,7,11,15H,2,6,14H2,1H3,(H,16,17)/t11-/m0/s1. The third-order valence-corrected chi connectivity index (χ3v) is 3.00. The summed E-state index contributed by atoms with van der Waals surface area (Å²) in [4.78, 5) is 13.9. The Morgan fingerprint density at radius 1 is 1.53 bits per heavy atom. The summed E-state index contributed by atoms with van der Waals surface area (Å²) < 4.78 is 0. The van der Waals surface area contributed by atoms with E-state index in [9.17, 15) is 4.79 Å². The molecule has 0 aliphatic rings. The van der Waals surface area contributed by atoms with Gasteiger partial charge in [0, 0.05) is 23.5 Å². The van der Waals surface area contributed by atoms with Gasteiger partial charge in [0.1, 0.15) is 6.04 Å². The first-order valence-corrected chi connectivity index (χ1v) is 5.69. The molecule has 1 atom stereocenters. The Bertz CT molecular complexity index is 545. The fourth-order valence-electron chi connectivity index (χ4n) is 1.95. The number of H-pyrrole nitrogens is 1. The van der Waals surface area contributed by atoms with Crippen LogP contribution >= 0.6 is 0 Å². The summed E-state index contributed by atoms with van der Waals surface area (Å²) in [6, 6.07) is 5.32. The van der Waals surface area contributed by atoms with Crippen LogP contribution in [-0.2, 0) is 17.6 Å². The maximum atomic E-state index is 10.7. The molecule has 4 heteroatoms. The molecule has 0 saturated carbocycles. The highest BCUT2D eigenvalue weighted by Crippen LogP contribution is 2.21. The van der Waals surface area contributed by atoms with Crippen LogP contribution in [0.15, 0.2) is 24.4 Å². The highest BCUT2D eigenvalue weighted by atomic mass is 16.4. The molecule has 1 aromatic carbocycles. The van der Waals surface area contributed by atoms with Crippen LogP contribution in [0.3, 0.4) is 0 Å². The van der Waals surface area contributed by atoms with Crippen LogP contribution in [0, 0.1) is 0 Å². The van der Waals surface area contributed by atoms with Crippen molar-refractivity contribution in [2.45, 2.75) is 25.8 Å². The average molecular weight is 232 g/mol. The summed E-state index contributed by atoms with van der Waals surface area (Å²) in [5, 5.41) is 9.85. The van der Waals surface area contributed by atoms with E-state index in [-0.39, 0.29) is 0 Å². The van der Waals surface area contributed by atoms with Gasteiger partial charge in [-0.25, -0.2) is 0 Å². The number of aromatic nitrogens is 1. The number of nitrogens with two attached hydrogens (primary N) is 1. The van der Waals surface area contributed by atoms with Crippen LogP contribution in [-0.4, -0.2) is 22.1 Å². The van der Waals surface area contributed by atoms with Crippen LogP contribution in [0.25, 0.3) is 10.9 Å². The lowest BCUT2D eigenvalue weighted by Gasteiger charge is -2.05. The number of nitrogens with one attached hydrogen (secondary N) is 1. The number of benzene rings is 1. The molecule has 0 amide bonds. The number of fused-ring (bicyclic) bond motifs is 1. The molecule has 0 bridgehead atoms. The molecule has 0 aliphatic carbocycles. The van der Waals surface area contributed by atoms with Gasteiger partial charge in [-0.05, 0) is 23.6 Å². The van der Waals surface area contributed by atoms with E-state index < -0.39 is 12.0 Å². The van der Waals surface area contributed by atoms with E-state index in [4.69, 9.17) is 10.8 Å². The largest absolute Gasteiger partial charge is 0.480 e. The van der Waals surface area contributed by atoms with Gasteiger partial charge in [-0.1, -0.05) is 19.1 Å². The molecule has 2 aromatic rings. The molecule has 4 nitrogen and oxygen atoms in total. The van der Waals surface area contributed by atoms with Crippen molar-refractivity contribution in [1.29, 1.82) is 0 Å². The minimum absolute atomic E-state index is 0.348. The van der Waals surface area contributed by atoms with Crippen molar-refractivity contribution >= 4 is 16.9 Å². The molecule has 0 unspecified atom stereocenters. The topological polar surface area (TPSA) is 79.1 Å². The van der Waals surface area contributed by atoms with Crippen LogP contribution in [0.4, 0.5) is 0 Å². The van der Waals surface area contributed by atoms with E-state index in [0.717, 1.165) is 22.9 Å². The zero-order chi connectivity index (χ0) is 12.4. The smallest absolute Gasteiger partial charge is 0.320 e. The zero-order valence-corrected chi connectivity index (χ0v) is 9.73. The predicted molar refractivity (Wildman–Crippen MR) is 67.0 cm³/mol. The molecule has 2 rings (SSSR count). The van der Waals surface area contributed by atoms with Gasteiger partial charge in [0.05, 0.1) is 0 Å². The molecule has 0 fully saturated rings. The number of hydrogen-bond acceptors (Lipinski definition) is 2. The molecule has 17 heavy (non-hydrogen) atoms. The highest BCUT2D eigenvalue weighted by molar-refractivity contribution is 5.85. The molecule has 0 radical (unpaired) electrons. The third-order valence-electron chi connectivity index (χ3n) is 3.00. The normalized spacial score (nSPS) is 12.8. The molecule has 0 aliphatic heterocycles. The summed E-state index contributed by atoms with van der Waals surface area (Å²) in [5.41, 5.74) is 8.79. The van der Waals surface area contributed by atoms with E-state index in [0.29, 0.717) is 6.42 Å². The molecule has 4 N–H and O–H groups in total. The Kier molecular flexibility index (Phi) is 3.15. The van der Waals surface area contributed by atoms with Gasteiger partial charge in [-0.2, -0.15) is 0 Å². The molecule has 1 heterocycles. The number of carboxylic acid groups (broad SMARTS) is 1. The quantitative estimate of drug-likeness (QED) is 0.750. The van der Waals surface area contributed by atoms with E-state index in [2.05, 4.69) is 24.0 Å². The molecule has 0 saturated heterocycles. The van der Waals surface area contributed by atoms with Gasteiger partial charge in [-0.3, -0.25) is 4.79 Å². The van der Waals surface area contributed by atoms with Crippen molar-refractivity contribution in [3.05, 3.63) is 35.5 Å². The Hall–Kier alpha value is -1.81. The van der Waals surface area contributed by atoms with Gasteiger partial charge < -0.3 is 15.8 Å². The number of aliphatic carboxylic acids is 1. The molecule has 1 aromatic heterocycles. The second kappa shape index (κ2) is 4.59. The number of hydrogen-bond donors (Lipinski definition) is 3. The van der Waals surface area contributed by atoms with Gasteiger partial charge in [0.15, 0.2) is 0 Å².